The van der Waals surface area contributed by atoms with Crippen LogP contribution >= 0.6 is 0 Å². The van der Waals surface area contributed by atoms with Crippen LogP contribution in [0.5, 0.6) is 0 Å². The van der Waals surface area contributed by atoms with E-state index in [-0.39, 0.29) is 5.91 Å². The zero-order chi connectivity index (χ0) is 10.4. The number of methoxy groups -OCH3 is 1. The number of rotatable bonds is 4. The molecule has 1 aromatic heterocycles. The number of aromatic nitrogens is 2. The van der Waals surface area contributed by atoms with Crippen molar-refractivity contribution in [3.63, 3.8) is 0 Å². The minimum Gasteiger partial charge on any atom is -0.383 e. The first kappa shape index (κ1) is 10.6. The largest absolute Gasteiger partial charge is 0.383 e. The van der Waals surface area contributed by atoms with Gasteiger partial charge in [0.15, 0.2) is 0 Å². The monoisotopic (exact) mass is 195 g/mol. The molecule has 0 aliphatic carbocycles. The first-order chi connectivity index (χ1) is 6.75. The Labute approximate surface area is 82.5 Å². The molecule has 0 saturated carbocycles. The van der Waals surface area contributed by atoms with Gasteiger partial charge in [-0.25, -0.2) is 9.97 Å². The van der Waals surface area contributed by atoms with Gasteiger partial charge < -0.3 is 10.1 Å². The van der Waals surface area contributed by atoms with Crippen molar-refractivity contribution in [1.29, 1.82) is 0 Å². The van der Waals surface area contributed by atoms with Gasteiger partial charge in [0.05, 0.1) is 17.9 Å². The summed E-state index contributed by atoms with van der Waals surface area (Å²) < 4.78 is 4.81. The van der Waals surface area contributed by atoms with Gasteiger partial charge in [0.1, 0.15) is 6.33 Å². The average molecular weight is 195 g/mol. The van der Waals surface area contributed by atoms with E-state index in [0.29, 0.717) is 24.4 Å². The van der Waals surface area contributed by atoms with E-state index < -0.39 is 0 Å². The van der Waals surface area contributed by atoms with Crippen LogP contribution in [-0.2, 0) is 4.74 Å². The normalized spacial score (nSPS) is 9.86. The molecule has 0 aliphatic rings. The van der Waals surface area contributed by atoms with Gasteiger partial charge in [-0.15, -0.1) is 0 Å². The lowest BCUT2D eigenvalue weighted by Crippen LogP contribution is -2.27. The van der Waals surface area contributed by atoms with Crippen LogP contribution < -0.4 is 5.32 Å². The average Bonchev–Trinajstić information content (AvgIpc) is 2.18. The second-order valence-electron chi connectivity index (χ2n) is 2.77. The minimum absolute atomic E-state index is 0.167. The number of ether oxygens (including phenoxy) is 1. The number of carbonyl (C=O) groups excluding carboxylic acids is 1. The molecule has 0 atom stereocenters. The second-order valence-corrected chi connectivity index (χ2v) is 2.77. The molecule has 0 unspecified atom stereocenters. The van der Waals surface area contributed by atoms with Gasteiger partial charge in [-0.1, -0.05) is 0 Å². The summed E-state index contributed by atoms with van der Waals surface area (Å²) in [5.74, 6) is -0.167. The fourth-order valence-corrected chi connectivity index (χ4v) is 0.976. The maximum atomic E-state index is 11.5. The third-order valence-corrected chi connectivity index (χ3v) is 1.75. The van der Waals surface area contributed by atoms with Gasteiger partial charge in [0.25, 0.3) is 5.91 Å². The highest BCUT2D eigenvalue weighted by atomic mass is 16.5. The standard InChI is InChI=1S/C9H13N3O2/c1-7-8(5-10-6-12-7)9(13)11-3-4-14-2/h5-6H,3-4H2,1-2H3,(H,11,13). The highest BCUT2D eigenvalue weighted by Gasteiger charge is 2.08. The van der Waals surface area contributed by atoms with Crippen LogP contribution in [0.25, 0.3) is 0 Å². The van der Waals surface area contributed by atoms with E-state index in [0.717, 1.165) is 0 Å². The zero-order valence-electron chi connectivity index (χ0n) is 8.28. The Morgan fingerprint density at radius 3 is 3.07 bits per heavy atom. The van der Waals surface area contributed by atoms with Gasteiger partial charge in [-0.05, 0) is 6.92 Å². The molecule has 0 aliphatic heterocycles. The molecule has 0 fully saturated rings. The van der Waals surface area contributed by atoms with Crippen molar-refractivity contribution in [3.05, 3.63) is 23.8 Å². The van der Waals surface area contributed by atoms with Crippen LogP contribution in [0.2, 0.25) is 0 Å². The Balaban J connectivity index is 2.56. The van der Waals surface area contributed by atoms with Crippen LogP contribution in [0.4, 0.5) is 0 Å². The summed E-state index contributed by atoms with van der Waals surface area (Å²) in [5, 5.41) is 2.70. The van der Waals surface area contributed by atoms with Crippen molar-refractivity contribution < 1.29 is 9.53 Å². The molecule has 0 radical (unpaired) electrons. The van der Waals surface area contributed by atoms with Crippen molar-refractivity contribution in [2.45, 2.75) is 6.92 Å². The number of hydrogen-bond acceptors (Lipinski definition) is 4. The van der Waals surface area contributed by atoms with Gasteiger partial charge >= 0.3 is 0 Å². The van der Waals surface area contributed by atoms with E-state index in [1.807, 2.05) is 0 Å². The molecule has 1 N–H and O–H groups in total. The van der Waals surface area contributed by atoms with E-state index in [2.05, 4.69) is 15.3 Å². The number of carbonyl (C=O) groups is 1. The topological polar surface area (TPSA) is 64.1 Å². The van der Waals surface area contributed by atoms with Crippen molar-refractivity contribution in [2.24, 2.45) is 0 Å². The Hall–Kier alpha value is -1.49. The molecule has 1 amide bonds. The Morgan fingerprint density at radius 1 is 1.64 bits per heavy atom. The third kappa shape index (κ3) is 2.77. The summed E-state index contributed by atoms with van der Waals surface area (Å²) in [6, 6.07) is 0. The predicted molar refractivity (Wildman–Crippen MR) is 51.0 cm³/mol. The number of aryl methyl sites for hydroxylation is 1. The Morgan fingerprint density at radius 2 is 2.43 bits per heavy atom. The van der Waals surface area contributed by atoms with Gasteiger partial charge in [-0.3, -0.25) is 4.79 Å². The van der Waals surface area contributed by atoms with Crippen LogP contribution in [0.1, 0.15) is 16.1 Å². The SMILES string of the molecule is COCCNC(=O)c1cncnc1C. The van der Waals surface area contributed by atoms with E-state index in [1.54, 1.807) is 14.0 Å². The molecule has 0 saturated heterocycles. The Bertz CT molecular complexity index is 315. The summed E-state index contributed by atoms with van der Waals surface area (Å²) in [6.45, 7) is 2.76. The molecular formula is C9H13N3O2. The van der Waals surface area contributed by atoms with Crippen LogP contribution in [0.15, 0.2) is 12.5 Å². The van der Waals surface area contributed by atoms with Crippen LogP contribution in [0.3, 0.4) is 0 Å². The summed E-state index contributed by atoms with van der Waals surface area (Å²) in [6.07, 6.45) is 2.92. The van der Waals surface area contributed by atoms with E-state index in [1.165, 1.54) is 12.5 Å². The number of nitrogens with zero attached hydrogens (tertiary/aromatic N) is 2. The van der Waals surface area contributed by atoms with Crippen molar-refractivity contribution >= 4 is 5.91 Å². The van der Waals surface area contributed by atoms with Gasteiger partial charge in [0, 0.05) is 19.9 Å². The maximum Gasteiger partial charge on any atom is 0.254 e. The number of hydrogen-bond donors (Lipinski definition) is 1. The first-order valence-corrected chi connectivity index (χ1v) is 4.29. The van der Waals surface area contributed by atoms with E-state index >= 15 is 0 Å². The van der Waals surface area contributed by atoms with Crippen molar-refractivity contribution in [1.82, 2.24) is 15.3 Å². The highest BCUT2D eigenvalue weighted by Crippen LogP contribution is 2.00. The first-order valence-electron chi connectivity index (χ1n) is 4.29. The Kier molecular flexibility index (Phi) is 4.00. The van der Waals surface area contributed by atoms with Gasteiger partial charge in [0.2, 0.25) is 0 Å². The second kappa shape index (κ2) is 5.29. The summed E-state index contributed by atoms with van der Waals surface area (Å²) in [4.78, 5) is 19.2. The molecule has 1 aromatic rings. The molecule has 5 nitrogen and oxygen atoms in total. The minimum atomic E-state index is -0.167. The lowest BCUT2D eigenvalue weighted by atomic mass is 10.2. The predicted octanol–water partition coefficient (Wildman–Crippen LogP) is 0.161. The fraction of sp³-hybridized carbons (Fsp3) is 0.444. The lowest BCUT2D eigenvalue weighted by Gasteiger charge is -2.05. The molecule has 1 heterocycles. The fourth-order valence-electron chi connectivity index (χ4n) is 0.976. The zero-order valence-corrected chi connectivity index (χ0v) is 8.28. The molecule has 0 spiro atoms. The molecule has 14 heavy (non-hydrogen) atoms. The third-order valence-electron chi connectivity index (χ3n) is 1.75. The molecule has 5 heteroatoms. The maximum absolute atomic E-state index is 11.5. The van der Waals surface area contributed by atoms with Crippen molar-refractivity contribution in [3.8, 4) is 0 Å². The lowest BCUT2D eigenvalue weighted by molar-refractivity contribution is 0.0935. The number of nitrogens with one attached hydrogen (secondary N) is 1. The van der Waals surface area contributed by atoms with E-state index in [9.17, 15) is 4.79 Å². The quantitative estimate of drug-likeness (QED) is 0.695. The summed E-state index contributed by atoms with van der Waals surface area (Å²) in [5.41, 5.74) is 1.18. The van der Waals surface area contributed by atoms with E-state index in [4.69, 9.17) is 4.74 Å². The molecule has 1 rings (SSSR count). The molecular weight excluding hydrogens is 182 g/mol. The summed E-state index contributed by atoms with van der Waals surface area (Å²) in [7, 11) is 1.59. The highest BCUT2D eigenvalue weighted by molar-refractivity contribution is 5.94. The van der Waals surface area contributed by atoms with Gasteiger partial charge in [-0.2, -0.15) is 0 Å². The summed E-state index contributed by atoms with van der Waals surface area (Å²) >= 11 is 0. The molecule has 0 aromatic carbocycles. The van der Waals surface area contributed by atoms with Crippen LogP contribution in [0, 0.1) is 6.92 Å². The molecule has 76 valence electrons. The molecule has 0 bridgehead atoms. The smallest absolute Gasteiger partial charge is 0.254 e. The number of amides is 1. The van der Waals surface area contributed by atoms with Crippen LogP contribution in [-0.4, -0.2) is 36.1 Å². The van der Waals surface area contributed by atoms with Crippen molar-refractivity contribution in [2.75, 3.05) is 20.3 Å².